The van der Waals surface area contributed by atoms with Gasteiger partial charge in [-0.1, -0.05) is 0 Å². The summed E-state index contributed by atoms with van der Waals surface area (Å²) in [4.78, 5) is 0. The summed E-state index contributed by atoms with van der Waals surface area (Å²) >= 11 is -9.17. The molecule has 0 saturated heterocycles. The molecule has 0 aromatic rings. The molecule has 0 fully saturated rings. The molecule has 59 valence electrons. The minimum absolute atomic E-state index is 3.59. The molecule has 0 aliphatic carbocycles. The molecule has 0 aliphatic heterocycles. The summed E-state index contributed by atoms with van der Waals surface area (Å²) in [6, 6.07) is 0. The predicted octanol–water partition coefficient (Wildman–Crippen LogP) is -3.94. The first-order valence-corrected chi connectivity index (χ1v) is 8.44. The molecule has 0 aliphatic rings. The Morgan fingerprint density at radius 1 is 0.750 bits per heavy atom. The molecule has 0 heterocycles. The summed E-state index contributed by atoms with van der Waals surface area (Å²) in [7, 11) is 0. The molecule has 0 bridgehead atoms. The van der Waals surface area contributed by atoms with E-state index in [2.05, 4.69) is 4.29 Å². The minimum atomic E-state index is -9.17. The summed E-state index contributed by atoms with van der Waals surface area (Å²) in [5, 5.41) is 0. The number of nitrogens with two attached hydrogens (primary N) is 1. The van der Waals surface area contributed by atoms with E-state index in [1.807, 2.05) is 0 Å². The van der Waals surface area contributed by atoms with E-state index in [1.54, 1.807) is 0 Å². The van der Waals surface area contributed by atoms with Crippen molar-refractivity contribution >= 4 is 0 Å². The Kier molecular flexibility index (Phi) is 0.698. The second-order valence-corrected chi connectivity index (χ2v) is 11.8. The summed E-state index contributed by atoms with van der Waals surface area (Å²) in [5.41, 5.74) is 0. The molecule has 0 radical (unpaired) electrons. The van der Waals surface area contributed by atoms with Gasteiger partial charge in [0.2, 0.25) is 0 Å². The molecule has 8 N–H and O–H groups in total. The van der Waals surface area contributed by atoms with E-state index in [9.17, 15) is 0 Å². The van der Waals surface area contributed by atoms with Gasteiger partial charge in [0.25, 0.3) is 0 Å². The van der Waals surface area contributed by atoms with Crippen LogP contribution in [0.4, 0.5) is 0 Å². The molecule has 0 rings (SSSR count). The molecule has 8 heteroatoms. The summed E-state index contributed by atoms with van der Waals surface area (Å²) in [6.07, 6.45) is 0. The van der Waals surface area contributed by atoms with Crippen LogP contribution in [0.2, 0.25) is 0 Å². The van der Waals surface area contributed by atoms with Gasteiger partial charge in [-0.3, -0.25) is 0 Å². The Bertz CT molecular complexity index is 101. The van der Waals surface area contributed by atoms with Crippen LogP contribution in [-0.4, -0.2) is 22.6 Å². The van der Waals surface area contributed by atoms with Crippen molar-refractivity contribution < 1.29 is 37.4 Å². The molecule has 0 atom stereocenters. The van der Waals surface area contributed by atoms with Crippen molar-refractivity contribution in [1.82, 2.24) is 0 Å². The zero-order valence-electron chi connectivity index (χ0n) is 3.58. The van der Waals surface area contributed by atoms with Crippen LogP contribution in [0.5, 0.6) is 0 Å². The molecular weight excluding hydrogens is 305 g/mol. The van der Waals surface area contributed by atoms with Gasteiger partial charge in [0.15, 0.2) is 0 Å². The fourth-order valence-corrected chi connectivity index (χ4v) is 0. The second-order valence-electron chi connectivity index (χ2n) is 1.44. The van der Waals surface area contributed by atoms with Crippen molar-refractivity contribution in [2.24, 2.45) is 4.29 Å². The van der Waals surface area contributed by atoms with Crippen LogP contribution < -0.4 is 4.29 Å². The maximum atomic E-state index is 7.65. The standard InChI is InChI=1S/H2N.6H2O.Pt/h7*1H2;/q-1;;;;;;;+7/p-6. The van der Waals surface area contributed by atoms with Gasteiger partial charge < -0.3 is 0 Å². The molecule has 7 nitrogen and oxygen atoms in total. The van der Waals surface area contributed by atoms with Gasteiger partial charge in [0.1, 0.15) is 0 Å². The molecule has 0 amide bonds. The normalized spacial score (nSPS) is 27.1. The first-order chi connectivity index (χ1) is 2.65. The number of hydrogen-bond donors (Lipinski definition) is 7. The molecular formula is H8NO6Pt. The van der Waals surface area contributed by atoms with E-state index < -0.39 is 14.8 Å². The zero-order valence-corrected chi connectivity index (χ0v) is 5.85. The predicted molar refractivity (Wildman–Crippen MR) is 17.5 cm³/mol. The first-order valence-electron chi connectivity index (χ1n) is 1.03. The first kappa shape index (κ1) is 8.41. The van der Waals surface area contributed by atoms with E-state index in [-0.39, 0.29) is 0 Å². The van der Waals surface area contributed by atoms with E-state index in [0.29, 0.717) is 0 Å². The van der Waals surface area contributed by atoms with Crippen LogP contribution in [0.3, 0.4) is 0 Å². The monoisotopic (exact) mass is 313 g/mol. The summed E-state index contributed by atoms with van der Waals surface area (Å²) in [6.45, 7) is 0. The van der Waals surface area contributed by atoms with Crippen LogP contribution >= 0.6 is 0 Å². The third-order valence-corrected chi connectivity index (χ3v) is 0. The van der Waals surface area contributed by atoms with Gasteiger partial charge in [0, 0.05) is 0 Å². The average Bonchev–Trinajstić information content (AvgIpc) is 0.544. The fraction of sp³-hybridized carbons (Fsp3) is 0. The van der Waals surface area contributed by atoms with E-state index in [4.69, 9.17) is 22.6 Å². The van der Waals surface area contributed by atoms with Crippen LogP contribution in [0, 0.1) is 0 Å². The Balaban J connectivity index is 5.14. The molecule has 0 saturated carbocycles. The van der Waals surface area contributed by atoms with Gasteiger partial charge in [-0.05, 0) is 0 Å². The van der Waals surface area contributed by atoms with Gasteiger partial charge in [0.05, 0.1) is 0 Å². The van der Waals surface area contributed by atoms with E-state index in [0.717, 1.165) is 0 Å². The molecule has 0 spiro atoms. The second kappa shape index (κ2) is 0.664. The quantitative estimate of drug-likeness (QED) is 0.241. The molecule has 0 aromatic heterocycles. The van der Waals surface area contributed by atoms with Crippen LogP contribution in [0.1, 0.15) is 0 Å². The molecule has 0 unspecified atom stereocenters. The van der Waals surface area contributed by atoms with Crippen molar-refractivity contribution in [3.05, 3.63) is 0 Å². The Morgan fingerprint density at radius 3 is 0.750 bits per heavy atom. The molecule has 0 aromatic carbocycles. The SMILES string of the molecule is [NH2][Pt]([OH])([OH])([OH])([OH])([OH])[OH]. The van der Waals surface area contributed by atoms with Gasteiger partial charge in [-0.15, -0.1) is 0 Å². The number of hydrogen-bond acceptors (Lipinski definition) is 7. The zero-order chi connectivity index (χ0) is 7.38. The maximum absolute atomic E-state index is 9.17. The average molecular weight is 313 g/mol. The number of rotatable bonds is 0. The third kappa shape index (κ3) is 1120. The van der Waals surface area contributed by atoms with Crippen molar-refractivity contribution in [2.75, 3.05) is 0 Å². The van der Waals surface area contributed by atoms with Crippen molar-refractivity contribution in [3.8, 4) is 0 Å². The summed E-state index contributed by atoms with van der Waals surface area (Å²) < 4.78 is 49.5. The van der Waals surface area contributed by atoms with Crippen molar-refractivity contribution in [3.63, 3.8) is 0 Å². The van der Waals surface area contributed by atoms with Crippen LogP contribution in [-0.2, 0) is 14.8 Å². The van der Waals surface area contributed by atoms with Crippen molar-refractivity contribution in [1.29, 1.82) is 0 Å². The Labute approximate surface area is 42.4 Å². The van der Waals surface area contributed by atoms with Crippen molar-refractivity contribution in [2.45, 2.75) is 0 Å². The third-order valence-electron chi connectivity index (χ3n) is 0. The van der Waals surface area contributed by atoms with Crippen LogP contribution in [0.25, 0.3) is 0 Å². The van der Waals surface area contributed by atoms with E-state index in [1.165, 1.54) is 0 Å². The fourth-order valence-electron chi connectivity index (χ4n) is 0. The Morgan fingerprint density at radius 2 is 0.750 bits per heavy atom. The topological polar surface area (TPSA) is 147 Å². The van der Waals surface area contributed by atoms with Crippen LogP contribution in [0.15, 0.2) is 0 Å². The van der Waals surface area contributed by atoms with Gasteiger partial charge >= 0.3 is 41.7 Å². The van der Waals surface area contributed by atoms with Gasteiger partial charge in [-0.25, -0.2) is 0 Å². The van der Waals surface area contributed by atoms with E-state index >= 15 is 0 Å². The Hall–Kier alpha value is 0.408. The summed E-state index contributed by atoms with van der Waals surface area (Å²) in [5.74, 6) is 0. The molecule has 8 heavy (non-hydrogen) atoms. The van der Waals surface area contributed by atoms with Gasteiger partial charge in [-0.2, -0.15) is 0 Å².